The predicted molar refractivity (Wildman–Crippen MR) is 90.5 cm³/mol. The molecule has 0 unspecified atom stereocenters. The molecule has 21 heavy (non-hydrogen) atoms. The van der Waals surface area contributed by atoms with E-state index in [1.807, 2.05) is 6.92 Å². The molecule has 4 nitrogen and oxygen atoms in total. The number of anilines is 2. The van der Waals surface area contributed by atoms with Crippen molar-refractivity contribution in [3.05, 3.63) is 50.5 Å². The van der Waals surface area contributed by atoms with Crippen molar-refractivity contribution in [1.29, 1.82) is 0 Å². The number of aromatic nitrogens is 1. The number of hydrogen-bond donors (Lipinski definition) is 2. The van der Waals surface area contributed by atoms with E-state index in [1.54, 1.807) is 30.5 Å². The van der Waals surface area contributed by atoms with Crippen LogP contribution in [0, 0.1) is 0 Å². The summed E-state index contributed by atoms with van der Waals surface area (Å²) in [5.41, 5.74) is 0.885. The number of halogens is 3. The van der Waals surface area contributed by atoms with Crippen molar-refractivity contribution >= 4 is 56.5 Å². The Morgan fingerprint density at radius 1 is 1.29 bits per heavy atom. The number of hydrogen-bond acceptors (Lipinski definition) is 3. The predicted octanol–water partition coefficient (Wildman–Crippen LogP) is 4.84. The molecule has 0 fully saturated rings. The van der Waals surface area contributed by atoms with Gasteiger partial charge in [0.15, 0.2) is 0 Å². The third kappa shape index (κ3) is 3.67. The minimum Gasteiger partial charge on any atom is -0.370 e. The third-order valence-electron chi connectivity index (χ3n) is 2.68. The van der Waals surface area contributed by atoms with E-state index in [0.29, 0.717) is 33.1 Å². The van der Waals surface area contributed by atoms with E-state index >= 15 is 0 Å². The van der Waals surface area contributed by atoms with E-state index in [4.69, 9.17) is 23.2 Å². The second kappa shape index (κ2) is 7.11. The highest BCUT2D eigenvalue weighted by molar-refractivity contribution is 9.10. The molecule has 7 heteroatoms. The summed E-state index contributed by atoms with van der Waals surface area (Å²) < 4.78 is 0.668. The number of benzene rings is 1. The Morgan fingerprint density at radius 2 is 2.05 bits per heavy atom. The molecule has 2 N–H and O–H groups in total. The van der Waals surface area contributed by atoms with Gasteiger partial charge in [0.2, 0.25) is 0 Å². The fraction of sp³-hybridized carbons (Fsp3) is 0.143. The van der Waals surface area contributed by atoms with Gasteiger partial charge in [0.25, 0.3) is 5.91 Å². The SMILES string of the molecule is CCNc1ncccc1C(=O)Nc1ccc(Br)c(Cl)c1Cl. The van der Waals surface area contributed by atoms with Gasteiger partial charge in [-0.25, -0.2) is 4.98 Å². The van der Waals surface area contributed by atoms with E-state index in [2.05, 4.69) is 31.5 Å². The maximum absolute atomic E-state index is 12.4. The van der Waals surface area contributed by atoms with Crippen LogP contribution in [0.1, 0.15) is 17.3 Å². The Balaban J connectivity index is 2.29. The fourth-order valence-electron chi connectivity index (χ4n) is 1.71. The molecule has 0 saturated carbocycles. The van der Waals surface area contributed by atoms with Gasteiger partial charge in [0.05, 0.1) is 21.3 Å². The van der Waals surface area contributed by atoms with E-state index in [0.717, 1.165) is 0 Å². The van der Waals surface area contributed by atoms with Crippen molar-refractivity contribution in [3.8, 4) is 0 Å². The van der Waals surface area contributed by atoms with Crippen LogP contribution in [0.2, 0.25) is 10.0 Å². The van der Waals surface area contributed by atoms with Gasteiger partial charge < -0.3 is 10.6 Å². The molecule has 0 aliphatic carbocycles. The Hall–Kier alpha value is -1.30. The summed E-state index contributed by atoms with van der Waals surface area (Å²) in [4.78, 5) is 16.5. The second-order valence-electron chi connectivity index (χ2n) is 4.11. The van der Waals surface area contributed by atoms with E-state index in [-0.39, 0.29) is 10.9 Å². The molecule has 1 aromatic carbocycles. The van der Waals surface area contributed by atoms with Gasteiger partial charge in [-0.2, -0.15) is 0 Å². The molecule has 2 aromatic rings. The smallest absolute Gasteiger partial charge is 0.259 e. The summed E-state index contributed by atoms with van der Waals surface area (Å²) in [5, 5.41) is 6.42. The third-order valence-corrected chi connectivity index (χ3v) is 4.45. The highest BCUT2D eigenvalue weighted by Gasteiger charge is 2.15. The summed E-state index contributed by atoms with van der Waals surface area (Å²) in [6.45, 7) is 2.60. The molecule has 1 aromatic heterocycles. The van der Waals surface area contributed by atoms with Crippen molar-refractivity contribution in [2.24, 2.45) is 0 Å². The van der Waals surface area contributed by atoms with Gasteiger partial charge >= 0.3 is 0 Å². The number of amides is 1. The molecule has 0 atom stereocenters. The lowest BCUT2D eigenvalue weighted by Crippen LogP contribution is -2.16. The standard InChI is InChI=1S/C14H12BrCl2N3O/c1-2-18-13-8(4-3-7-19-13)14(21)20-10-6-5-9(15)11(16)12(10)17/h3-7H,2H2,1H3,(H,18,19)(H,20,21). The summed E-state index contributed by atoms with van der Waals surface area (Å²) in [5.74, 6) is 0.219. The first-order chi connectivity index (χ1) is 10.0. The van der Waals surface area contributed by atoms with Gasteiger partial charge in [-0.15, -0.1) is 0 Å². The van der Waals surface area contributed by atoms with Crippen molar-refractivity contribution in [2.75, 3.05) is 17.2 Å². The lowest BCUT2D eigenvalue weighted by atomic mass is 10.2. The van der Waals surface area contributed by atoms with Crippen molar-refractivity contribution in [3.63, 3.8) is 0 Å². The summed E-state index contributed by atoms with van der Waals surface area (Å²) in [6, 6.07) is 6.79. The fourth-order valence-corrected chi connectivity index (χ4v) is 2.53. The highest BCUT2D eigenvalue weighted by Crippen LogP contribution is 2.36. The molecule has 0 radical (unpaired) electrons. The summed E-state index contributed by atoms with van der Waals surface area (Å²) in [6.07, 6.45) is 1.62. The zero-order valence-electron chi connectivity index (χ0n) is 11.1. The minimum absolute atomic E-state index is 0.285. The van der Waals surface area contributed by atoms with Crippen LogP contribution in [0.25, 0.3) is 0 Å². The van der Waals surface area contributed by atoms with Gasteiger partial charge in [-0.05, 0) is 47.1 Å². The zero-order chi connectivity index (χ0) is 15.4. The normalized spacial score (nSPS) is 10.3. The molecule has 1 heterocycles. The maximum Gasteiger partial charge on any atom is 0.259 e. The van der Waals surface area contributed by atoms with Crippen LogP contribution in [0.3, 0.4) is 0 Å². The number of rotatable bonds is 4. The van der Waals surface area contributed by atoms with Crippen molar-refractivity contribution in [2.45, 2.75) is 6.92 Å². The highest BCUT2D eigenvalue weighted by atomic mass is 79.9. The van der Waals surface area contributed by atoms with Crippen LogP contribution < -0.4 is 10.6 Å². The minimum atomic E-state index is -0.306. The first-order valence-corrected chi connectivity index (χ1v) is 7.73. The monoisotopic (exact) mass is 387 g/mol. The maximum atomic E-state index is 12.4. The number of nitrogens with zero attached hydrogens (tertiary/aromatic N) is 1. The lowest BCUT2D eigenvalue weighted by molar-refractivity contribution is 0.102. The van der Waals surface area contributed by atoms with Gasteiger partial charge in [-0.1, -0.05) is 23.2 Å². The Bertz CT molecular complexity index is 679. The van der Waals surface area contributed by atoms with E-state index < -0.39 is 0 Å². The molecular weight excluding hydrogens is 377 g/mol. The molecule has 0 aliphatic heterocycles. The number of carbonyl (C=O) groups is 1. The Kier molecular flexibility index (Phi) is 5.45. The van der Waals surface area contributed by atoms with E-state index in [9.17, 15) is 4.79 Å². The van der Waals surface area contributed by atoms with Crippen LogP contribution in [-0.2, 0) is 0 Å². The van der Waals surface area contributed by atoms with Crippen molar-refractivity contribution in [1.82, 2.24) is 4.98 Å². The molecule has 0 spiro atoms. The summed E-state index contributed by atoms with van der Waals surface area (Å²) in [7, 11) is 0. The second-order valence-corrected chi connectivity index (χ2v) is 5.72. The first kappa shape index (κ1) is 16.1. The van der Waals surface area contributed by atoms with Crippen LogP contribution >= 0.6 is 39.1 Å². The zero-order valence-corrected chi connectivity index (χ0v) is 14.2. The number of nitrogens with one attached hydrogen (secondary N) is 2. The Labute approximate surface area is 141 Å². The molecular formula is C14H12BrCl2N3O. The molecule has 0 aliphatic rings. The van der Waals surface area contributed by atoms with Crippen LogP contribution in [0.15, 0.2) is 34.9 Å². The molecule has 2 rings (SSSR count). The van der Waals surface area contributed by atoms with Gasteiger partial charge in [0, 0.05) is 17.2 Å². The first-order valence-electron chi connectivity index (χ1n) is 6.18. The lowest BCUT2D eigenvalue weighted by Gasteiger charge is -2.12. The molecule has 0 bridgehead atoms. The molecule has 110 valence electrons. The largest absolute Gasteiger partial charge is 0.370 e. The van der Waals surface area contributed by atoms with Crippen molar-refractivity contribution < 1.29 is 4.79 Å². The molecule has 0 saturated heterocycles. The topological polar surface area (TPSA) is 54.0 Å². The van der Waals surface area contributed by atoms with Gasteiger partial charge in [-0.3, -0.25) is 4.79 Å². The average molecular weight is 389 g/mol. The van der Waals surface area contributed by atoms with Crippen LogP contribution in [-0.4, -0.2) is 17.4 Å². The quantitative estimate of drug-likeness (QED) is 0.737. The van der Waals surface area contributed by atoms with Crippen LogP contribution in [0.4, 0.5) is 11.5 Å². The van der Waals surface area contributed by atoms with Gasteiger partial charge in [0.1, 0.15) is 5.82 Å². The average Bonchev–Trinajstić information content (AvgIpc) is 2.49. The number of carbonyl (C=O) groups excluding carboxylic acids is 1. The van der Waals surface area contributed by atoms with E-state index in [1.165, 1.54) is 0 Å². The molecule has 1 amide bonds. The Morgan fingerprint density at radius 3 is 2.76 bits per heavy atom. The summed E-state index contributed by atoms with van der Waals surface area (Å²) >= 11 is 15.4. The number of pyridine rings is 1. The van der Waals surface area contributed by atoms with Crippen LogP contribution in [0.5, 0.6) is 0 Å².